The molecule has 0 saturated heterocycles. The van der Waals surface area contributed by atoms with Gasteiger partial charge in [0, 0.05) is 37.4 Å². The number of nitrogens with one attached hydrogen (secondary N) is 2. The van der Waals surface area contributed by atoms with Gasteiger partial charge in [-0.25, -0.2) is 4.98 Å². The fraction of sp³-hybridized carbons (Fsp3) is 0.118. The van der Waals surface area contributed by atoms with Gasteiger partial charge < -0.3 is 10.3 Å². The number of rotatable bonds is 2. The highest BCUT2D eigenvalue weighted by atomic mass is 35.5. The van der Waals surface area contributed by atoms with E-state index in [2.05, 4.69) is 26.5 Å². The molecule has 118 valence electrons. The lowest BCUT2D eigenvalue weighted by Crippen LogP contribution is -1.96. The minimum atomic E-state index is 0.594. The van der Waals surface area contributed by atoms with E-state index in [0.717, 1.165) is 33.2 Å². The van der Waals surface area contributed by atoms with E-state index in [1.165, 1.54) is 0 Å². The maximum absolute atomic E-state index is 9.19. The van der Waals surface area contributed by atoms with Gasteiger partial charge in [-0.3, -0.25) is 4.68 Å². The summed E-state index contributed by atoms with van der Waals surface area (Å²) in [4.78, 5) is 7.50. The molecule has 4 aromatic rings. The molecule has 7 heteroatoms. The molecule has 1 aromatic carbocycles. The van der Waals surface area contributed by atoms with Crippen molar-refractivity contribution in [2.75, 3.05) is 12.4 Å². The topological polar surface area (TPSA) is 82.3 Å². The molecule has 0 radical (unpaired) electrons. The minimum absolute atomic E-state index is 0.594. The van der Waals surface area contributed by atoms with Crippen molar-refractivity contribution in [3.63, 3.8) is 0 Å². The molecule has 0 amide bonds. The SMILES string of the molecule is CNc1c(-c2nn(C)c3ccc(C#N)cc23)cnc2[nH]cc(Cl)c12. The molecule has 0 aliphatic carbocycles. The average molecular weight is 337 g/mol. The van der Waals surface area contributed by atoms with E-state index in [1.807, 2.05) is 26.2 Å². The lowest BCUT2D eigenvalue weighted by atomic mass is 10.0. The summed E-state index contributed by atoms with van der Waals surface area (Å²) in [6, 6.07) is 7.71. The Morgan fingerprint density at radius 3 is 2.96 bits per heavy atom. The number of aryl methyl sites for hydroxylation is 1. The van der Waals surface area contributed by atoms with Crippen molar-refractivity contribution in [1.82, 2.24) is 19.7 Å². The standard InChI is InChI=1S/C17H13ClN6/c1-20-16-11(7-21-17-14(16)12(18)8-22-17)15-10-5-9(6-19)3-4-13(10)24(2)23-15/h3-5,7-8H,1-2H3,(H2,20,21,22). The number of nitrogens with zero attached hydrogens (tertiary/aromatic N) is 4. The van der Waals surface area contributed by atoms with Crippen LogP contribution >= 0.6 is 11.6 Å². The largest absolute Gasteiger partial charge is 0.387 e. The van der Waals surface area contributed by atoms with E-state index < -0.39 is 0 Å². The Kier molecular flexibility index (Phi) is 3.18. The third-order valence-corrected chi connectivity index (χ3v) is 4.44. The maximum Gasteiger partial charge on any atom is 0.140 e. The van der Waals surface area contributed by atoms with Crippen molar-refractivity contribution in [3.8, 4) is 17.3 Å². The van der Waals surface area contributed by atoms with Gasteiger partial charge in [-0.2, -0.15) is 10.4 Å². The molecule has 4 rings (SSSR count). The van der Waals surface area contributed by atoms with Crippen molar-refractivity contribution in [3.05, 3.63) is 41.2 Å². The van der Waals surface area contributed by atoms with Crippen LogP contribution in [0.1, 0.15) is 5.56 Å². The third-order valence-electron chi connectivity index (χ3n) is 4.14. The van der Waals surface area contributed by atoms with Gasteiger partial charge in [-0.15, -0.1) is 0 Å². The summed E-state index contributed by atoms with van der Waals surface area (Å²) in [6.07, 6.45) is 3.48. The molecular weight excluding hydrogens is 324 g/mol. The molecule has 0 aliphatic rings. The Bertz CT molecular complexity index is 1130. The van der Waals surface area contributed by atoms with E-state index in [-0.39, 0.29) is 0 Å². The lowest BCUT2D eigenvalue weighted by molar-refractivity contribution is 0.800. The van der Waals surface area contributed by atoms with Gasteiger partial charge in [0.05, 0.1) is 33.2 Å². The van der Waals surface area contributed by atoms with Crippen LogP contribution in [0.15, 0.2) is 30.6 Å². The molecule has 6 nitrogen and oxygen atoms in total. The van der Waals surface area contributed by atoms with Crippen LogP contribution in [0.3, 0.4) is 0 Å². The van der Waals surface area contributed by atoms with Crippen LogP contribution in [0, 0.1) is 11.3 Å². The Balaban J connectivity index is 2.10. The number of benzene rings is 1. The second kappa shape index (κ2) is 5.25. The Labute approximate surface area is 142 Å². The fourth-order valence-corrected chi connectivity index (χ4v) is 3.27. The third kappa shape index (κ3) is 1.95. The molecule has 0 unspecified atom stereocenters. The number of hydrogen-bond donors (Lipinski definition) is 2. The number of fused-ring (bicyclic) bond motifs is 2. The summed E-state index contributed by atoms with van der Waals surface area (Å²) in [5.41, 5.74) is 4.72. The molecule has 0 fully saturated rings. The highest BCUT2D eigenvalue weighted by Gasteiger charge is 2.18. The van der Waals surface area contributed by atoms with Crippen molar-refractivity contribution < 1.29 is 0 Å². The molecule has 0 atom stereocenters. The number of nitriles is 1. The Morgan fingerprint density at radius 2 is 2.21 bits per heavy atom. The monoisotopic (exact) mass is 336 g/mol. The van der Waals surface area contributed by atoms with Crippen LogP contribution in [-0.2, 0) is 7.05 Å². The second-order valence-corrected chi connectivity index (χ2v) is 5.88. The lowest BCUT2D eigenvalue weighted by Gasteiger charge is -2.09. The molecule has 0 saturated carbocycles. The zero-order valence-electron chi connectivity index (χ0n) is 13.1. The molecular formula is C17H13ClN6. The fourth-order valence-electron chi connectivity index (χ4n) is 3.03. The molecule has 3 aromatic heterocycles. The van der Waals surface area contributed by atoms with Crippen molar-refractivity contribution in [2.45, 2.75) is 0 Å². The van der Waals surface area contributed by atoms with Gasteiger partial charge >= 0.3 is 0 Å². The van der Waals surface area contributed by atoms with E-state index in [9.17, 15) is 5.26 Å². The molecule has 0 spiro atoms. The van der Waals surface area contributed by atoms with Gasteiger partial charge in [0.2, 0.25) is 0 Å². The first-order valence-electron chi connectivity index (χ1n) is 7.34. The molecule has 24 heavy (non-hydrogen) atoms. The van der Waals surface area contributed by atoms with Crippen LogP contribution in [0.4, 0.5) is 5.69 Å². The smallest absolute Gasteiger partial charge is 0.140 e. The highest BCUT2D eigenvalue weighted by molar-refractivity contribution is 6.36. The molecule has 0 bridgehead atoms. The first-order chi connectivity index (χ1) is 11.6. The molecule has 2 N–H and O–H groups in total. The van der Waals surface area contributed by atoms with Gasteiger partial charge in [0.25, 0.3) is 0 Å². The van der Waals surface area contributed by atoms with Crippen LogP contribution in [-0.4, -0.2) is 26.8 Å². The second-order valence-electron chi connectivity index (χ2n) is 5.47. The maximum atomic E-state index is 9.19. The summed E-state index contributed by atoms with van der Waals surface area (Å²) in [5, 5.41) is 19.4. The number of hydrogen-bond acceptors (Lipinski definition) is 4. The normalized spacial score (nSPS) is 11.1. The zero-order chi connectivity index (χ0) is 16.8. The minimum Gasteiger partial charge on any atom is -0.387 e. The Hall–Kier alpha value is -3.04. The zero-order valence-corrected chi connectivity index (χ0v) is 13.8. The van der Waals surface area contributed by atoms with Gasteiger partial charge in [-0.1, -0.05) is 11.6 Å². The quantitative estimate of drug-likeness (QED) is 0.585. The van der Waals surface area contributed by atoms with Crippen LogP contribution in [0.25, 0.3) is 33.2 Å². The van der Waals surface area contributed by atoms with E-state index >= 15 is 0 Å². The van der Waals surface area contributed by atoms with Crippen LogP contribution < -0.4 is 5.32 Å². The van der Waals surface area contributed by atoms with Crippen molar-refractivity contribution in [1.29, 1.82) is 5.26 Å². The molecule has 3 heterocycles. The van der Waals surface area contributed by atoms with Crippen molar-refractivity contribution in [2.24, 2.45) is 7.05 Å². The van der Waals surface area contributed by atoms with Crippen LogP contribution in [0.5, 0.6) is 0 Å². The van der Waals surface area contributed by atoms with Crippen molar-refractivity contribution >= 4 is 39.2 Å². The van der Waals surface area contributed by atoms with E-state index in [1.54, 1.807) is 23.1 Å². The number of pyridine rings is 1. The summed E-state index contributed by atoms with van der Waals surface area (Å²) in [7, 11) is 3.72. The first-order valence-corrected chi connectivity index (χ1v) is 7.72. The number of H-pyrrole nitrogens is 1. The Morgan fingerprint density at radius 1 is 1.38 bits per heavy atom. The average Bonchev–Trinajstić information content (AvgIpc) is 3.14. The van der Waals surface area contributed by atoms with Gasteiger partial charge in [0.1, 0.15) is 11.3 Å². The summed E-state index contributed by atoms with van der Waals surface area (Å²) in [6.45, 7) is 0. The number of halogens is 1. The van der Waals surface area contributed by atoms with Crippen LogP contribution in [0.2, 0.25) is 5.02 Å². The summed E-state index contributed by atoms with van der Waals surface area (Å²) < 4.78 is 1.80. The predicted octanol–water partition coefficient (Wildman–Crippen LogP) is 3.68. The van der Waals surface area contributed by atoms with E-state index in [0.29, 0.717) is 16.2 Å². The molecule has 0 aliphatic heterocycles. The highest BCUT2D eigenvalue weighted by Crippen LogP contribution is 2.39. The number of aromatic amines is 1. The predicted molar refractivity (Wildman–Crippen MR) is 95.1 cm³/mol. The number of aromatic nitrogens is 4. The summed E-state index contributed by atoms with van der Waals surface area (Å²) >= 11 is 6.31. The number of anilines is 1. The van der Waals surface area contributed by atoms with E-state index in [4.69, 9.17) is 11.6 Å². The van der Waals surface area contributed by atoms with Gasteiger partial charge in [-0.05, 0) is 18.2 Å². The first kappa shape index (κ1) is 14.5. The van der Waals surface area contributed by atoms with Gasteiger partial charge in [0.15, 0.2) is 0 Å². The summed E-state index contributed by atoms with van der Waals surface area (Å²) in [5.74, 6) is 0.